The Morgan fingerprint density at radius 2 is 2.07 bits per heavy atom. The number of nitrogens with zero attached hydrogens (tertiary/aromatic N) is 2. The molecule has 1 saturated heterocycles. The lowest BCUT2D eigenvalue weighted by Crippen LogP contribution is -2.37. The van der Waals surface area contributed by atoms with Gasteiger partial charge in [-0.1, -0.05) is 6.07 Å². The molecule has 6 nitrogen and oxygen atoms in total. The SMILES string of the molecule is COC(=O)C1CCN(c2ccc(N=Cc3c(O)[nH]c4cccc(F)c34)cc2C)CC1. The number of fused-ring (bicyclic) bond motifs is 1. The molecule has 30 heavy (non-hydrogen) atoms. The molecule has 2 heterocycles. The fraction of sp³-hybridized carbons (Fsp3) is 0.304. The van der Waals surface area contributed by atoms with E-state index in [0.29, 0.717) is 22.2 Å². The highest BCUT2D eigenvalue weighted by Crippen LogP contribution is 2.31. The van der Waals surface area contributed by atoms with Crippen LogP contribution in [-0.2, 0) is 9.53 Å². The Bertz CT molecular complexity index is 1110. The second-order valence-electron chi connectivity index (χ2n) is 7.56. The van der Waals surface area contributed by atoms with E-state index in [1.807, 2.05) is 25.1 Å². The van der Waals surface area contributed by atoms with Gasteiger partial charge in [0.15, 0.2) is 5.88 Å². The van der Waals surface area contributed by atoms with Gasteiger partial charge in [0.05, 0.1) is 29.8 Å². The highest BCUT2D eigenvalue weighted by Gasteiger charge is 2.26. The highest BCUT2D eigenvalue weighted by atomic mass is 19.1. The number of aromatic nitrogens is 1. The summed E-state index contributed by atoms with van der Waals surface area (Å²) in [6.07, 6.45) is 3.03. The van der Waals surface area contributed by atoms with Gasteiger partial charge in [-0.25, -0.2) is 4.39 Å². The fourth-order valence-electron chi connectivity index (χ4n) is 4.08. The van der Waals surface area contributed by atoms with Gasteiger partial charge in [0, 0.05) is 30.4 Å². The normalized spacial score (nSPS) is 15.2. The van der Waals surface area contributed by atoms with Crippen LogP contribution in [0.1, 0.15) is 24.0 Å². The van der Waals surface area contributed by atoms with E-state index < -0.39 is 5.82 Å². The third kappa shape index (κ3) is 3.75. The minimum Gasteiger partial charge on any atom is -0.494 e. The standard InChI is InChI=1S/C23H24FN3O3/c1-14-12-16(6-7-20(14)27-10-8-15(9-11-27)23(29)30-2)25-13-17-21-18(24)4-3-5-19(21)26-22(17)28/h3-7,12-13,15,26,28H,8-11H2,1-2H3. The van der Waals surface area contributed by atoms with Gasteiger partial charge in [0.1, 0.15) is 5.82 Å². The number of aromatic amines is 1. The van der Waals surface area contributed by atoms with Crippen molar-refractivity contribution >= 4 is 34.5 Å². The van der Waals surface area contributed by atoms with Gasteiger partial charge in [0.2, 0.25) is 0 Å². The van der Waals surface area contributed by atoms with Crippen molar-refractivity contribution in [1.29, 1.82) is 0 Å². The van der Waals surface area contributed by atoms with Crippen molar-refractivity contribution in [2.75, 3.05) is 25.1 Å². The molecule has 0 amide bonds. The van der Waals surface area contributed by atoms with E-state index >= 15 is 0 Å². The highest BCUT2D eigenvalue weighted by molar-refractivity contribution is 6.02. The van der Waals surface area contributed by atoms with Crippen molar-refractivity contribution in [2.24, 2.45) is 10.9 Å². The zero-order valence-electron chi connectivity index (χ0n) is 17.0. The minimum atomic E-state index is -0.410. The van der Waals surface area contributed by atoms with E-state index in [0.717, 1.165) is 37.2 Å². The molecule has 1 fully saturated rings. The predicted octanol–water partition coefficient (Wildman–Crippen LogP) is 4.46. The number of carbonyl (C=O) groups excluding carboxylic acids is 1. The zero-order valence-corrected chi connectivity index (χ0v) is 17.0. The lowest BCUT2D eigenvalue weighted by Gasteiger charge is -2.33. The average Bonchev–Trinajstić information content (AvgIpc) is 3.08. The Morgan fingerprint density at radius 3 is 2.77 bits per heavy atom. The number of piperidine rings is 1. The number of hydrogen-bond donors (Lipinski definition) is 2. The molecule has 0 unspecified atom stereocenters. The van der Waals surface area contributed by atoms with E-state index in [1.165, 1.54) is 19.4 Å². The number of H-pyrrole nitrogens is 1. The van der Waals surface area contributed by atoms with Crippen LogP contribution in [0.2, 0.25) is 0 Å². The number of ether oxygens (including phenoxy) is 1. The maximum atomic E-state index is 14.2. The molecule has 0 spiro atoms. The predicted molar refractivity (Wildman–Crippen MR) is 115 cm³/mol. The summed E-state index contributed by atoms with van der Waals surface area (Å²) in [6, 6.07) is 10.5. The van der Waals surface area contributed by atoms with Crippen LogP contribution < -0.4 is 4.90 Å². The van der Waals surface area contributed by atoms with Gasteiger partial charge in [-0.05, 0) is 55.7 Å². The van der Waals surface area contributed by atoms with Crippen molar-refractivity contribution < 1.29 is 19.0 Å². The molecule has 2 aromatic carbocycles. The van der Waals surface area contributed by atoms with Crippen LogP contribution in [0.15, 0.2) is 41.4 Å². The number of anilines is 1. The third-order valence-electron chi connectivity index (χ3n) is 5.68. The van der Waals surface area contributed by atoms with Gasteiger partial charge in [-0.15, -0.1) is 0 Å². The van der Waals surface area contributed by atoms with E-state index in [9.17, 15) is 14.3 Å². The van der Waals surface area contributed by atoms with Crippen LogP contribution in [0.25, 0.3) is 10.9 Å². The molecule has 2 N–H and O–H groups in total. The number of carbonyl (C=O) groups is 1. The van der Waals surface area contributed by atoms with E-state index in [2.05, 4.69) is 14.9 Å². The van der Waals surface area contributed by atoms with Crippen LogP contribution in [0.3, 0.4) is 0 Å². The summed E-state index contributed by atoms with van der Waals surface area (Å²) in [6.45, 7) is 3.61. The van der Waals surface area contributed by atoms with E-state index in [-0.39, 0.29) is 17.8 Å². The van der Waals surface area contributed by atoms with Gasteiger partial charge in [0.25, 0.3) is 0 Å². The summed E-state index contributed by atoms with van der Waals surface area (Å²) in [5.41, 5.74) is 3.74. The van der Waals surface area contributed by atoms with Crippen molar-refractivity contribution in [1.82, 2.24) is 4.98 Å². The molecule has 3 aromatic rings. The summed E-state index contributed by atoms with van der Waals surface area (Å²) >= 11 is 0. The van der Waals surface area contributed by atoms with Gasteiger partial charge in [-0.3, -0.25) is 9.79 Å². The van der Waals surface area contributed by atoms with Crippen molar-refractivity contribution in [3.63, 3.8) is 0 Å². The first kappa shape index (κ1) is 19.9. The number of nitrogens with one attached hydrogen (secondary N) is 1. The first-order valence-corrected chi connectivity index (χ1v) is 9.94. The first-order valence-electron chi connectivity index (χ1n) is 9.94. The van der Waals surface area contributed by atoms with Crippen molar-refractivity contribution in [2.45, 2.75) is 19.8 Å². The number of aliphatic imine (C=N–C) groups is 1. The number of hydrogen-bond acceptors (Lipinski definition) is 5. The zero-order chi connectivity index (χ0) is 21.3. The molecule has 0 atom stereocenters. The first-order chi connectivity index (χ1) is 14.5. The molecule has 0 bridgehead atoms. The van der Waals surface area contributed by atoms with E-state index in [4.69, 9.17) is 4.74 Å². The molecule has 156 valence electrons. The van der Waals surface area contributed by atoms with Crippen LogP contribution >= 0.6 is 0 Å². The second-order valence-corrected chi connectivity index (χ2v) is 7.56. The number of esters is 1. The number of methoxy groups -OCH3 is 1. The Hall–Kier alpha value is -3.35. The third-order valence-corrected chi connectivity index (χ3v) is 5.68. The molecule has 0 saturated carbocycles. The number of aromatic hydroxyl groups is 1. The summed E-state index contributed by atoms with van der Waals surface area (Å²) in [4.78, 5) is 21.2. The molecule has 1 aliphatic rings. The maximum absolute atomic E-state index is 14.2. The smallest absolute Gasteiger partial charge is 0.308 e. The van der Waals surface area contributed by atoms with Crippen LogP contribution in [0, 0.1) is 18.7 Å². The topological polar surface area (TPSA) is 77.9 Å². The van der Waals surface area contributed by atoms with Crippen LogP contribution in [-0.4, -0.2) is 42.5 Å². The summed E-state index contributed by atoms with van der Waals surface area (Å²) in [5.74, 6) is -0.680. The lowest BCUT2D eigenvalue weighted by atomic mass is 9.96. The largest absolute Gasteiger partial charge is 0.494 e. The molecule has 0 aliphatic carbocycles. The van der Waals surface area contributed by atoms with E-state index in [1.54, 1.807) is 12.1 Å². The summed E-state index contributed by atoms with van der Waals surface area (Å²) in [7, 11) is 1.43. The van der Waals surface area contributed by atoms with Gasteiger partial charge < -0.3 is 19.7 Å². The molecule has 4 rings (SSSR count). The molecular weight excluding hydrogens is 385 g/mol. The maximum Gasteiger partial charge on any atom is 0.308 e. The Labute approximate surface area is 174 Å². The number of benzene rings is 2. The summed E-state index contributed by atoms with van der Waals surface area (Å²) in [5, 5.41) is 10.5. The average molecular weight is 409 g/mol. The Morgan fingerprint density at radius 1 is 1.30 bits per heavy atom. The minimum absolute atomic E-state index is 0.0281. The number of aryl methyl sites for hydroxylation is 1. The lowest BCUT2D eigenvalue weighted by molar-refractivity contribution is -0.146. The van der Waals surface area contributed by atoms with Crippen molar-refractivity contribution in [3.05, 3.63) is 53.3 Å². The Kier molecular flexibility index (Phi) is 5.44. The quantitative estimate of drug-likeness (QED) is 0.493. The number of halogens is 1. The molecule has 1 aliphatic heterocycles. The van der Waals surface area contributed by atoms with Crippen LogP contribution in [0.5, 0.6) is 5.88 Å². The fourth-order valence-corrected chi connectivity index (χ4v) is 4.08. The molecule has 7 heteroatoms. The monoisotopic (exact) mass is 409 g/mol. The molecule has 1 aromatic heterocycles. The Balaban J connectivity index is 1.52. The second kappa shape index (κ2) is 8.18. The van der Waals surface area contributed by atoms with Crippen LogP contribution in [0.4, 0.5) is 15.8 Å². The molecule has 0 radical (unpaired) electrons. The summed E-state index contributed by atoms with van der Waals surface area (Å²) < 4.78 is 19.0. The van der Waals surface area contributed by atoms with Gasteiger partial charge in [-0.2, -0.15) is 0 Å². The van der Waals surface area contributed by atoms with Gasteiger partial charge >= 0.3 is 5.97 Å². The number of rotatable bonds is 4. The van der Waals surface area contributed by atoms with Crippen molar-refractivity contribution in [3.8, 4) is 5.88 Å². The molecular formula is C23H24FN3O3.